The summed E-state index contributed by atoms with van der Waals surface area (Å²) in [5, 5.41) is 3.01. The van der Waals surface area contributed by atoms with Gasteiger partial charge in [0.1, 0.15) is 5.82 Å². The van der Waals surface area contributed by atoms with Crippen molar-refractivity contribution in [3.8, 4) is 11.3 Å². The van der Waals surface area contributed by atoms with E-state index in [0.29, 0.717) is 17.2 Å². The Bertz CT molecular complexity index is 701. The summed E-state index contributed by atoms with van der Waals surface area (Å²) in [4.78, 5) is 18.7. The van der Waals surface area contributed by atoms with Crippen molar-refractivity contribution in [2.45, 2.75) is 18.9 Å². The molecule has 23 heavy (non-hydrogen) atoms. The SMILES string of the molecule is O=C(N[C@@H]1C[C@H]2CCN(C2)C1)c1ncc(-c2ccc(F)cc2)o1. The van der Waals surface area contributed by atoms with Gasteiger partial charge in [-0.05, 0) is 49.6 Å². The molecule has 6 heteroatoms. The molecular formula is C17H18FN3O2. The summed E-state index contributed by atoms with van der Waals surface area (Å²) in [5.74, 6) is 0.604. The fourth-order valence-electron chi connectivity index (χ4n) is 3.54. The second-order valence-corrected chi connectivity index (χ2v) is 6.36. The second-order valence-electron chi connectivity index (χ2n) is 6.36. The predicted octanol–water partition coefficient (Wildman–Crippen LogP) is 2.30. The fourth-order valence-corrected chi connectivity index (χ4v) is 3.54. The van der Waals surface area contributed by atoms with Gasteiger partial charge in [-0.25, -0.2) is 9.37 Å². The Labute approximate surface area is 133 Å². The Hall–Kier alpha value is -2.21. The minimum atomic E-state index is -0.312. The molecule has 0 saturated carbocycles. The quantitative estimate of drug-likeness (QED) is 0.944. The van der Waals surface area contributed by atoms with Gasteiger partial charge in [-0.2, -0.15) is 0 Å². The normalized spacial score (nSPS) is 26.2. The van der Waals surface area contributed by atoms with Crippen LogP contribution in [0.25, 0.3) is 11.3 Å². The molecule has 1 aromatic heterocycles. The van der Waals surface area contributed by atoms with Crippen LogP contribution < -0.4 is 5.32 Å². The standard InChI is InChI=1S/C17H18FN3O2/c18-13-3-1-12(2-4-13)15-8-19-17(23-15)16(22)20-14-7-11-5-6-21(9-11)10-14/h1-4,8,11,14H,5-7,9-10H2,(H,20,22)/t11-,14-/m1/s1. The number of carbonyl (C=O) groups is 1. The number of nitrogens with zero attached hydrogens (tertiary/aromatic N) is 2. The van der Waals surface area contributed by atoms with Gasteiger partial charge in [-0.15, -0.1) is 0 Å². The van der Waals surface area contributed by atoms with Crippen LogP contribution in [0.5, 0.6) is 0 Å². The fraction of sp³-hybridized carbons (Fsp3) is 0.412. The second kappa shape index (κ2) is 5.77. The van der Waals surface area contributed by atoms with Crippen molar-refractivity contribution in [3.63, 3.8) is 0 Å². The number of hydrogen-bond acceptors (Lipinski definition) is 4. The summed E-state index contributed by atoms with van der Waals surface area (Å²) in [6.45, 7) is 3.18. The molecule has 3 heterocycles. The first kappa shape index (κ1) is 14.4. The molecule has 2 aliphatic heterocycles. The average Bonchev–Trinajstić information content (AvgIpc) is 3.15. The zero-order chi connectivity index (χ0) is 15.8. The minimum absolute atomic E-state index is 0.0530. The van der Waals surface area contributed by atoms with Crippen LogP contribution in [0.15, 0.2) is 34.9 Å². The van der Waals surface area contributed by atoms with Gasteiger partial charge in [0, 0.05) is 24.7 Å². The number of nitrogens with one attached hydrogen (secondary N) is 1. The summed E-state index contributed by atoms with van der Waals surface area (Å²) >= 11 is 0. The van der Waals surface area contributed by atoms with Gasteiger partial charge in [0.15, 0.2) is 5.76 Å². The van der Waals surface area contributed by atoms with E-state index in [0.717, 1.165) is 26.1 Å². The summed E-state index contributed by atoms with van der Waals surface area (Å²) in [7, 11) is 0. The number of hydrogen-bond donors (Lipinski definition) is 1. The third kappa shape index (κ3) is 2.99. The molecule has 0 aliphatic carbocycles. The Kier molecular flexibility index (Phi) is 3.61. The highest BCUT2D eigenvalue weighted by molar-refractivity contribution is 5.90. The first-order chi connectivity index (χ1) is 11.2. The Morgan fingerprint density at radius 1 is 1.30 bits per heavy atom. The lowest BCUT2D eigenvalue weighted by Gasteiger charge is -2.30. The smallest absolute Gasteiger partial charge is 0.307 e. The van der Waals surface area contributed by atoms with Crippen LogP contribution in [0, 0.1) is 11.7 Å². The van der Waals surface area contributed by atoms with E-state index < -0.39 is 0 Å². The molecule has 2 fully saturated rings. The van der Waals surface area contributed by atoms with Crippen LogP contribution in [0.2, 0.25) is 0 Å². The molecule has 5 nitrogen and oxygen atoms in total. The van der Waals surface area contributed by atoms with Crippen LogP contribution in [0.3, 0.4) is 0 Å². The van der Waals surface area contributed by atoms with E-state index in [1.807, 2.05) is 0 Å². The van der Waals surface area contributed by atoms with E-state index in [-0.39, 0.29) is 23.7 Å². The first-order valence-corrected chi connectivity index (χ1v) is 7.92. The summed E-state index contributed by atoms with van der Waals surface area (Å²) in [6.07, 6.45) is 3.74. The highest BCUT2D eigenvalue weighted by Gasteiger charge is 2.33. The van der Waals surface area contributed by atoms with Crippen LogP contribution in [-0.4, -0.2) is 41.5 Å². The van der Waals surface area contributed by atoms with Gasteiger partial charge in [-0.1, -0.05) is 0 Å². The van der Waals surface area contributed by atoms with E-state index >= 15 is 0 Å². The predicted molar refractivity (Wildman–Crippen MR) is 82.3 cm³/mol. The third-order valence-electron chi connectivity index (χ3n) is 4.63. The first-order valence-electron chi connectivity index (χ1n) is 7.92. The van der Waals surface area contributed by atoms with Gasteiger partial charge >= 0.3 is 5.91 Å². The Morgan fingerprint density at radius 3 is 2.91 bits per heavy atom. The molecule has 2 bridgehead atoms. The van der Waals surface area contributed by atoms with E-state index in [9.17, 15) is 9.18 Å². The summed E-state index contributed by atoms with van der Waals surface area (Å²) in [5.41, 5.74) is 0.694. The van der Waals surface area contributed by atoms with Crippen molar-refractivity contribution >= 4 is 5.91 Å². The maximum absolute atomic E-state index is 13.0. The molecular weight excluding hydrogens is 297 g/mol. The van der Waals surface area contributed by atoms with Crippen LogP contribution in [0.1, 0.15) is 23.5 Å². The highest BCUT2D eigenvalue weighted by Crippen LogP contribution is 2.27. The number of oxazole rings is 1. The van der Waals surface area contributed by atoms with E-state index in [1.54, 1.807) is 12.1 Å². The average molecular weight is 315 g/mol. The highest BCUT2D eigenvalue weighted by atomic mass is 19.1. The lowest BCUT2D eigenvalue weighted by molar-refractivity contribution is 0.0875. The Morgan fingerprint density at radius 2 is 2.13 bits per heavy atom. The topological polar surface area (TPSA) is 58.4 Å². The monoisotopic (exact) mass is 315 g/mol. The molecule has 0 spiro atoms. The summed E-state index contributed by atoms with van der Waals surface area (Å²) < 4.78 is 18.5. The molecule has 2 aliphatic rings. The number of amides is 1. The van der Waals surface area contributed by atoms with Gasteiger partial charge in [0.2, 0.25) is 0 Å². The van der Waals surface area contributed by atoms with Gasteiger partial charge in [0.05, 0.1) is 6.20 Å². The van der Waals surface area contributed by atoms with Crippen molar-refractivity contribution in [2.75, 3.05) is 19.6 Å². The largest absolute Gasteiger partial charge is 0.432 e. The molecule has 1 amide bonds. The maximum atomic E-state index is 13.0. The molecule has 3 atom stereocenters. The minimum Gasteiger partial charge on any atom is -0.432 e. The van der Waals surface area contributed by atoms with Crippen LogP contribution >= 0.6 is 0 Å². The number of fused-ring (bicyclic) bond motifs is 2. The van der Waals surface area contributed by atoms with Crippen molar-refractivity contribution in [2.24, 2.45) is 5.92 Å². The van der Waals surface area contributed by atoms with E-state index in [2.05, 4.69) is 15.2 Å². The van der Waals surface area contributed by atoms with Gasteiger partial charge in [-0.3, -0.25) is 4.79 Å². The zero-order valence-electron chi connectivity index (χ0n) is 12.7. The number of aromatic nitrogens is 1. The number of benzene rings is 1. The van der Waals surface area contributed by atoms with E-state index in [4.69, 9.17) is 4.42 Å². The molecule has 0 radical (unpaired) electrons. The maximum Gasteiger partial charge on any atom is 0.307 e. The number of rotatable bonds is 3. The van der Waals surface area contributed by atoms with Gasteiger partial charge < -0.3 is 14.6 Å². The molecule has 4 rings (SSSR count). The van der Waals surface area contributed by atoms with Crippen LogP contribution in [-0.2, 0) is 0 Å². The molecule has 1 unspecified atom stereocenters. The molecule has 2 aromatic rings. The van der Waals surface area contributed by atoms with E-state index in [1.165, 1.54) is 24.8 Å². The van der Waals surface area contributed by atoms with Crippen LogP contribution in [0.4, 0.5) is 4.39 Å². The van der Waals surface area contributed by atoms with Gasteiger partial charge in [0.25, 0.3) is 5.89 Å². The van der Waals surface area contributed by atoms with Crippen molar-refractivity contribution < 1.29 is 13.6 Å². The third-order valence-corrected chi connectivity index (χ3v) is 4.63. The lowest BCUT2D eigenvalue weighted by atomic mass is 9.97. The molecule has 2 saturated heterocycles. The summed E-state index contributed by atoms with van der Waals surface area (Å²) in [6, 6.07) is 6.06. The number of carbonyl (C=O) groups excluding carboxylic acids is 1. The molecule has 120 valence electrons. The lowest BCUT2D eigenvalue weighted by Crippen LogP contribution is -2.47. The van der Waals surface area contributed by atoms with Crippen molar-refractivity contribution in [3.05, 3.63) is 42.2 Å². The zero-order valence-corrected chi connectivity index (χ0v) is 12.7. The molecule has 1 aromatic carbocycles. The molecule has 1 N–H and O–H groups in total. The van der Waals surface area contributed by atoms with Crippen molar-refractivity contribution in [1.82, 2.24) is 15.2 Å². The Balaban J connectivity index is 1.44. The number of piperidine rings is 1. The number of halogens is 1. The van der Waals surface area contributed by atoms with Crippen molar-refractivity contribution in [1.29, 1.82) is 0 Å².